The number of hydrogen-bond acceptors (Lipinski definition) is 4. The zero-order chi connectivity index (χ0) is 18.0. The van der Waals surface area contributed by atoms with Gasteiger partial charge in [-0.25, -0.2) is 8.78 Å². The molecule has 25 heavy (non-hydrogen) atoms. The molecule has 1 aliphatic rings. The van der Waals surface area contributed by atoms with Gasteiger partial charge in [-0.3, -0.25) is 4.79 Å². The second-order valence-corrected chi connectivity index (χ2v) is 5.80. The average Bonchev–Trinajstić information content (AvgIpc) is 2.60. The Morgan fingerprint density at radius 1 is 1.32 bits per heavy atom. The van der Waals surface area contributed by atoms with E-state index in [-0.39, 0.29) is 5.56 Å². The van der Waals surface area contributed by atoms with Crippen LogP contribution in [0.25, 0.3) is 0 Å². The Balaban J connectivity index is 1.85. The Kier molecular flexibility index (Phi) is 4.85. The maximum Gasteiger partial charge on any atom is 0.251 e. The van der Waals surface area contributed by atoms with Crippen molar-refractivity contribution in [3.05, 3.63) is 59.2 Å². The highest BCUT2D eigenvalue weighted by molar-refractivity contribution is 5.96. The van der Waals surface area contributed by atoms with E-state index in [0.717, 1.165) is 17.8 Å². The monoisotopic (exact) mass is 348 g/mol. The summed E-state index contributed by atoms with van der Waals surface area (Å²) in [6.07, 6.45) is 0. The average molecular weight is 348 g/mol. The van der Waals surface area contributed by atoms with Crippen LogP contribution in [-0.4, -0.2) is 37.8 Å². The molecule has 1 amide bonds. The van der Waals surface area contributed by atoms with Gasteiger partial charge < -0.3 is 20.1 Å². The van der Waals surface area contributed by atoms with Crippen LogP contribution in [0.5, 0.6) is 5.75 Å². The number of carbonyl (C=O) groups is 1. The molecule has 2 aromatic rings. The molecule has 2 N–H and O–H groups in total. The number of aliphatic hydroxyl groups excluding tert-OH is 1. The number of anilines is 1. The Labute approximate surface area is 143 Å². The molecule has 0 spiro atoms. The third-order valence-electron chi connectivity index (χ3n) is 4.15. The predicted octanol–water partition coefficient (Wildman–Crippen LogP) is 2.26. The van der Waals surface area contributed by atoms with Crippen molar-refractivity contribution in [3.63, 3.8) is 0 Å². The molecule has 0 aliphatic carbocycles. The zero-order valence-corrected chi connectivity index (χ0v) is 13.6. The van der Waals surface area contributed by atoms with Crippen LogP contribution in [0.2, 0.25) is 0 Å². The minimum atomic E-state index is -1.18. The van der Waals surface area contributed by atoms with Crippen LogP contribution in [0.15, 0.2) is 36.4 Å². The number of nitrogens with one attached hydrogen (secondary N) is 1. The Hall–Kier alpha value is -2.67. The van der Waals surface area contributed by atoms with Gasteiger partial charge in [0.25, 0.3) is 5.91 Å². The number of nitrogens with zero attached hydrogens (tertiary/aromatic N) is 1. The highest BCUT2D eigenvalue weighted by Crippen LogP contribution is 2.31. The molecule has 1 atom stereocenters. The van der Waals surface area contributed by atoms with Crippen molar-refractivity contribution in [2.45, 2.75) is 6.04 Å². The van der Waals surface area contributed by atoms with Crippen molar-refractivity contribution in [2.24, 2.45) is 0 Å². The number of aliphatic hydroxyl groups is 1. The largest absolute Gasteiger partial charge is 0.490 e. The van der Waals surface area contributed by atoms with Crippen molar-refractivity contribution in [2.75, 3.05) is 31.7 Å². The SMILES string of the molecule is CN1CCOc2ccc(C(=O)NC(CO)c3c(F)cccc3F)cc21. The van der Waals surface area contributed by atoms with Gasteiger partial charge in [0, 0.05) is 18.2 Å². The summed E-state index contributed by atoms with van der Waals surface area (Å²) in [6, 6.07) is 7.10. The van der Waals surface area contributed by atoms with E-state index in [1.165, 1.54) is 6.07 Å². The molecule has 0 fully saturated rings. The van der Waals surface area contributed by atoms with Gasteiger partial charge in [-0.15, -0.1) is 0 Å². The summed E-state index contributed by atoms with van der Waals surface area (Å²) in [5.74, 6) is -1.51. The van der Waals surface area contributed by atoms with E-state index in [4.69, 9.17) is 4.74 Å². The maximum atomic E-state index is 13.9. The number of likely N-dealkylation sites (N-methyl/N-ethyl adjacent to an activating group) is 1. The van der Waals surface area contributed by atoms with Crippen molar-refractivity contribution in [1.82, 2.24) is 5.32 Å². The summed E-state index contributed by atoms with van der Waals surface area (Å²) in [7, 11) is 1.88. The quantitative estimate of drug-likeness (QED) is 0.890. The smallest absolute Gasteiger partial charge is 0.251 e. The maximum absolute atomic E-state index is 13.9. The highest BCUT2D eigenvalue weighted by atomic mass is 19.1. The fourth-order valence-electron chi connectivity index (χ4n) is 2.79. The molecule has 0 radical (unpaired) electrons. The third kappa shape index (κ3) is 3.41. The summed E-state index contributed by atoms with van der Waals surface area (Å²) in [4.78, 5) is 14.4. The number of fused-ring (bicyclic) bond motifs is 1. The third-order valence-corrected chi connectivity index (χ3v) is 4.15. The highest BCUT2D eigenvalue weighted by Gasteiger charge is 2.23. The van der Waals surface area contributed by atoms with Crippen LogP contribution >= 0.6 is 0 Å². The molecular formula is C18H18F2N2O3. The number of benzene rings is 2. The molecule has 0 saturated heterocycles. The van der Waals surface area contributed by atoms with Crippen LogP contribution in [0.1, 0.15) is 22.0 Å². The first-order valence-electron chi connectivity index (χ1n) is 7.85. The first-order valence-corrected chi connectivity index (χ1v) is 7.85. The van der Waals surface area contributed by atoms with Gasteiger partial charge in [-0.2, -0.15) is 0 Å². The number of ether oxygens (including phenoxy) is 1. The lowest BCUT2D eigenvalue weighted by molar-refractivity contribution is 0.0914. The van der Waals surface area contributed by atoms with E-state index in [1.54, 1.807) is 18.2 Å². The summed E-state index contributed by atoms with van der Waals surface area (Å²) in [5.41, 5.74) is 0.708. The van der Waals surface area contributed by atoms with Crippen LogP contribution in [0, 0.1) is 11.6 Å². The standard InChI is InChI=1S/C18H18F2N2O3/c1-22-7-8-25-16-6-5-11(9-15(16)22)18(24)21-14(10-23)17-12(19)3-2-4-13(17)20/h2-6,9,14,23H,7-8,10H2,1H3,(H,21,24). The molecule has 2 aromatic carbocycles. The summed E-state index contributed by atoms with van der Waals surface area (Å²) in [6.45, 7) is 0.628. The summed E-state index contributed by atoms with van der Waals surface area (Å²) < 4.78 is 33.3. The molecule has 1 aliphatic heterocycles. The first-order chi connectivity index (χ1) is 12.0. The molecule has 132 valence electrons. The lowest BCUT2D eigenvalue weighted by Gasteiger charge is -2.28. The Bertz CT molecular complexity index is 778. The van der Waals surface area contributed by atoms with E-state index >= 15 is 0 Å². The molecule has 5 nitrogen and oxygen atoms in total. The van der Waals surface area contributed by atoms with E-state index < -0.39 is 30.2 Å². The van der Waals surface area contributed by atoms with Crippen LogP contribution in [-0.2, 0) is 0 Å². The van der Waals surface area contributed by atoms with Gasteiger partial charge in [0.1, 0.15) is 24.0 Å². The van der Waals surface area contributed by atoms with Gasteiger partial charge in [-0.1, -0.05) is 6.07 Å². The number of amides is 1. The molecule has 0 bridgehead atoms. The second kappa shape index (κ2) is 7.06. The van der Waals surface area contributed by atoms with Crippen molar-refractivity contribution < 1.29 is 23.4 Å². The van der Waals surface area contributed by atoms with Crippen molar-refractivity contribution in [1.29, 1.82) is 0 Å². The molecule has 0 saturated carbocycles. The fraction of sp³-hybridized carbons (Fsp3) is 0.278. The zero-order valence-electron chi connectivity index (χ0n) is 13.6. The predicted molar refractivity (Wildman–Crippen MR) is 88.9 cm³/mol. The molecular weight excluding hydrogens is 330 g/mol. The normalized spacial score (nSPS) is 14.5. The lowest BCUT2D eigenvalue weighted by atomic mass is 10.0. The van der Waals surface area contributed by atoms with Gasteiger partial charge in [0.2, 0.25) is 0 Å². The van der Waals surface area contributed by atoms with E-state index in [9.17, 15) is 18.7 Å². The molecule has 0 aromatic heterocycles. The van der Waals surface area contributed by atoms with Crippen LogP contribution in [0.4, 0.5) is 14.5 Å². The summed E-state index contributed by atoms with van der Waals surface area (Å²) >= 11 is 0. The van der Waals surface area contributed by atoms with Gasteiger partial charge in [0.15, 0.2) is 0 Å². The van der Waals surface area contributed by atoms with Crippen LogP contribution < -0.4 is 15.0 Å². The number of hydrogen-bond donors (Lipinski definition) is 2. The number of carbonyl (C=O) groups excluding carboxylic acids is 1. The van der Waals surface area contributed by atoms with Crippen molar-refractivity contribution >= 4 is 11.6 Å². The minimum absolute atomic E-state index is 0.311. The molecule has 1 heterocycles. The Morgan fingerprint density at radius 2 is 2.04 bits per heavy atom. The molecule has 7 heteroatoms. The Morgan fingerprint density at radius 3 is 2.72 bits per heavy atom. The fourth-order valence-corrected chi connectivity index (χ4v) is 2.79. The topological polar surface area (TPSA) is 61.8 Å². The molecule has 1 unspecified atom stereocenters. The molecule has 3 rings (SSSR count). The minimum Gasteiger partial charge on any atom is -0.490 e. The van der Waals surface area contributed by atoms with Crippen molar-refractivity contribution in [3.8, 4) is 5.75 Å². The van der Waals surface area contributed by atoms with Gasteiger partial charge in [-0.05, 0) is 30.3 Å². The van der Waals surface area contributed by atoms with E-state index in [1.807, 2.05) is 11.9 Å². The van der Waals surface area contributed by atoms with E-state index in [2.05, 4.69) is 5.32 Å². The first kappa shape index (κ1) is 17.2. The van der Waals surface area contributed by atoms with Crippen LogP contribution in [0.3, 0.4) is 0 Å². The summed E-state index contributed by atoms with van der Waals surface area (Å²) in [5, 5.41) is 12.0. The van der Waals surface area contributed by atoms with Gasteiger partial charge >= 0.3 is 0 Å². The van der Waals surface area contributed by atoms with E-state index in [0.29, 0.717) is 24.5 Å². The number of rotatable bonds is 4. The van der Waals surface area contributed by atoms with Gasteiger partial charge in [0.05, 0.1) is 24.9 Å². The lowest BCUT2D eigenvalue weighted by Crippen LogP contribution is -2.33. The number of halogens is 2. The second-order valence-electron chi connectivity index (χ2n) is 5.80.